The second kappa shape index (κ2) is 8.16. The van der Waals surface area contributed by atoms with E-state index in [1.807, 2.05) is 58.0 Å². The topological polar surface area (TPSA) is 66.0 Å². The first-order chi connectivity index (χ1) is 15.9. The average Bonchev–Trinajstić information content (AvgIpc) is 3.32. The highest BCUT2D eigenvalue weighted by Gasteiger charge is 2.17. The molecule has 0 radical (unpaired) electrons. The number of pyridine rings is 1. The van der Waals surface area contributed by atoms with Gasteiger partial charge in [-0.25, -0.2) is 14.1 Å². The van der Waals surface area contributed by atoms with E-state index < -0.39 is 0 Å². The number of oxazole rings is 1. The molecule has 0 unspecified atom stereocenters. The minimum Gasteiger partial charge on any atom is -0.471 e. The standard InChI is InChI=1S/C26H23FN4O2/c1-15-8-10-19(11-9-15)26-28-22(18(4)33-26)14-32-23-12-16(2)24-17(3)30-31(25(24)29-23)21-7-5-6-20(27)13-21/h5-13H,14H2,1-4H3. The Hall–Kier alpha value is -4.00. The van der Waals surface area contributed by atoms with Gasteiger partial charge < -0.3 is 9.15 Å². The van der Waals surface area contributed by atoms with Crippen molar-refractivity contribution < 1.29 is 13.5 Å². The highest BCUT2D eigenvalue weighted by Crippen LogP contribution is 2.28. The van der Waals surface area contributed by atoms with Crippen LogP contribution in [-0.4, -0.2) is 19.7 Å². The summed E-state index contributed by atoms with van der Waals surface area (Å²) in [7, 11) is 0. The largest absolute Gasteiger partial charge is 0.471 e. The summed E-state index contributed by atoms with van der Waals surface area (Å²) in [5.74, 6) is 1.37. The minimum atomic E-state index is -0.330. The fourth-order valence-electron chi connectivity index (χ4n) is 3.86. The molecule has 0 aliphatic carbocycles. The molecule has 5 aromatic rings. The number of aromatic nitrogens is 4. The lowest BCUT2D eigenvalue weighted by Gasteiger charge is -2.08. The first-order valence-electron chi connectivity index (χ1n) is 10.7. The molecule has 0 aliphatic rings. The maximum atomic E-state index is 13.8. The van der Waals surface area contributed by atoms with Gasteiger partial charge in [0.25, 0.3) is 0 Å². The van der Waals surface area contributed by atoms with Gasteiger partial charge in [0.1, 0.15) is 23.9 Å². The summed E-state index contributed by atoms with van der Waals surface area (Å²) in [4.78, 5) is 9.29. The number of hydrogen-bond acceptors (Lipinski definition) is 5. The van der Waals surface area contributed by atoms with Crippen LogP contribution in [0.2, 0.25) is 0 Å². The average molecular weight is 442 g/mol. The molecule has 0 amide bonds. The number of rotatable bonds is 5. The summed E-state index contributed by atoms with van der Waals surface area (Å²) in [5.41, 5.74) is 5.82. The Balaban J connectivity index is 1.45. The van der Waals surface area contributed by atoms with Crippen LogP contribution in [0.4, 0.5) is 4.39 Å². The van der Waals surface area contributed by atoms with Crippen LogP contribution in [0.1, 0.15) is 28.3 Å². The first-order valence-corrected chi connectivity index (χ1v) is 10.7. The summed E-state index contributed by atoms with van der Waals surface area (Å²) in [6, 6.07) is 16.2. The molecule has 0 aliphatic heterocycles. The van der Waals surface area contributed by atoms with Crippen LogP contribution in [0.15, 0.2) is 59.0 Å². The molecule has 3 aromatic heterocycles. The molecule has 0 atom stereocenters. The van der Waals surface area contributed by atoms with Crippen molar-refractivity contribution in [2.45, 2.75) is 34.3 Å². The number of benzene rings is 2. The molecule has 6 nitrogen and oxygen atoms in total. The quantitative estimate of drug-likeness (QED) is 0.333. The number of nitrogens with zero attached hydrogens (tertiary/aromatic N) is 4. The molecule has 0 saturated heterocycles. The van der Waals surface area contributed by atoms with Gasteiger partial charge in [0, 0.05) is 17.0 Å². The van der Waals surface area contributed by atoms with E-state index in [9.17, 15) is 4.39 Å². The molecular formula is C26H23FN4O2. The number of fused-ring (bicyclic) bond motifs is 1. The highest BCUT2D eigenvalue weighted by atomic mass is 19.1. The Labute approximate surface area is 190 Å². The van der Waals surface area contributed by atoms with Crippen LogP contribution < -0.4 is 4.74 Å². The number of aryl methyl sites for hydroxylation is 4. The maximum Gasteiger partial charge on any atom is 0.226 e. The molecule has 0 spiro atoms. The summed E-state index contributed by atoms with van der Waals surface area (Å²) in [6.07, 6.45) is 0. The minimum absolute atomic E-state index is 0.215. The molecule has 0 N–H and O–H groups in total. The van der Waals surface area contributed by atoms with Crippen LogP contribution in [0, 0.1) is 33.5 Å². The van der Waals surface area contributed by atoms with Crippen molar-refractivity contribution >= 4 is 11.0 Å². The van der Waals surface area contributed by atoms with Gasteiger partial charge in [-0.05, 0) is 63.6 Å². The van der Waals surface area contributed by atoms with E-state index in [0.29, 0.717) is 34.6 Å². The monoisotopic (exact) mass is 442 g/mol. The Bertz CT molecular complexity index is 1470. The van der Waals surface area contributed by atoms with E-state index >= 15 is 0 Å². The molecule has 3 heterocycles. The maximum absolute atomic E-state index is 13.8. The van der Waals surface area contributed by atoms with Crippen LogP contribution in [0.25, 0.3) is 28.2 Å². The van der Waals surface area contributed by atoms with Crippen LogP contribution in [0.3, 0.4) is 0 Å². The van der Waals surface area contributed by atoms with Gasteiger partial charge in [0.15, 0.2) is 5.65 Å². The van der Waals surface area contributed by atoms with E-state index in [1.165, 1.54) is 17.7 Å². The molecule has 33 heavy (non-hydrogen) atoms. The molecular weight excluding hydrogens is 419 g/mol. The predicted molar refractivity (Wildman–Crippen MR) is 124 cm³/mol. The summed E-state index contributed by atoms with van der Waals surface area (Å²) in [6.45, 7) is 8.02. The Morgan fingerprint density at radius 2 is 1.76 bits per heavy atom. The molecule has 7 heteroatoms. The number of hydrogen-bond donors (Lipinski definition) is 0. The van der Waals surface area contributed by atoms with E-state index in [4.69, 9.17) is 9.15 Å². The van der Waals surface area contributed by atoms with Crippen molar-refractivity contribution in [2.24, 2.45) is 0 Å². The van der Waals surface area contributed by atoms with Gasteiger partial charge in [-0.1, -0.05) is 23.8 Å². The third-order valence-corrected chi connectivity index (χ3v) is 5.59. The van der Waals surface area contributed by atoms with E-state index in [-0.39, 0.29) is 12.4 Å². The van der Waals surface area contributed by atoms with Gasteiger partial charge in [0.05, 0.1) is 11.4 Å². The Kier molecular flexibility index (Phi) is 5.17. The molecule has 0 saturated carbocycles. The molecule has 0 fully saturated rings. The zero-order valence-corrected chi connectivity index (χ0v) is 18.9. The zero-order valence-electron chi connectivity index (χ0n) is 18.9. The predicted octanol–water partition coefficient (Wildman–Crippen LogP) is 6.03. The van der Waals surface area contributed by atoms with Crippen molar-refractivity contribution in [1.29, 1.82) is 0 Å². The van der Waals surface area contributed by atoms with Crippen LogP contribution in [-0.2, 0) is 6.61 Å². The lowest BCUT2D eigenvalue weighted by Crippen LogP contribution is -2.02. The molecule has 166 valence electrons. The normalized spacial score (nSPS) is 11.3. The summed E-state index contributed by atoms with van der Waals surface area (Å²) < 4.78 is 27.3. The number of ether oxygens (including phenoxy) is 1. The Morgan fingerprint density at radius 1 is 0.970 bits per heavy atom. The Morgan fingerprint density at radius 3 is 2.52 bits per heavy atom. The SMILES string of the molecule is Cc1ccc(-c2nc(COc3cc(C)c4c(C)nn(-c5cccc(F)c5)c4n3)c(C)o2)cc1. The van der Waals surface area contributed by atoms with Gasteiger partial charge in [-0.15, -0.1) is 0 Å². The second-order valence-corrected chi connectivity index (χ2v) is 8.13. The van der Waals surface area contributed by atoms with Crippen molar-refractivity contribution in [3.05, 3.63) is 88.7 Å². The lowest BCUT2D eigenvalue weighted by atomic mass is 10.1. The molecule has 2 aromatic carbocycles. The van der Waals surface area contributed by atoms with Crippen molar-refractivity contribution in [3.63, 3.8) is 0 Å². The van der Waals surface area contributed by atoms with Crippen molar-refractivity contribution in [3.8, 4) is 23.0 Å². The van der Waals surface area contributed by atoms with Gasteiger partial charge in [-0.2, -0.15) is 10.1 Å². The molecule has 5 rings (SSSR count). The number of halogens is 1. The van der Waals surface area contributed by atoms with E-state index in [0.717, 1.165) is 22.2 Å². The highest BCUT2D eigenvalue weighted by molar-refractivity contribution is 5.84. The van der Waals surface area contributed by atoms with Gasteiger partial charge in [-0.3, -0.25) is 0 Å². The van der Waals surface area contributed by atoms with Crippen LogP contribution >= 0.6 is 0 Å². The zero-order chi connectivity index (χ0) is 23.1. The second-order valence-electron chi connectivity index (χ2n) is 8.13. The van der Waals surface area contributed by atoms with E-state index in [1.54, 1.807) is 16.8 Å². The summed E-state index contributed by atoms with van der Waals surface area (Å²) >= 11 is 0. The first kappa shape index (κ1) is 20.9. The fraction of sp³-hybridized carbons (Fsp3) is 0.192. The smallest absolute Gasteiger partial charge is 0.226 e. The third kappa shape index (κ3) is 3.98. The van der Waals surface area contributed by atoms with Crippen LogP contribution in [0.5, 0.6) is 5.88 Å². The van der Waals surface area contributed by atoms with Gasteiger partial charge in [0.2, 0.25) is 11.8 Å². The third-order valence-electron chi connectivity index (χ3n) is 5.59. The lowest BCUT2D eigenvalue weighted by molar-refractivity contribution is 0.288. The van der Waals surface area contributed by atoms with E-state index in [2.05, 4.69) is 15.1 Å². The summed E-state index contributed by atoms with van der Waals surface area (Å²) in [5, 5.41) is 5.51. The van der Waals surface area contributed by atoms with Crippen molar-refractivity contribution in [1.82, 2.24) is 19.7 Å². The molecule has 0 bridgehead atoms. The van der Waals surface area contributed by atoms with Gasteiger partial charge >= 0.3 is 0 Å². The van der Waals surface area contributed by atoms with Crippen molar-refractivity contribution in [2.75, 3.05) is 0 Å². The fourth-order valence-corrected chi connectivity index (χ4v) is 3.86.